The molecule has 9 heteroatoms. The predicted octanol–water partition coefficient (Wildman–Crippen LogP) is 4.06. The summed E-state index contributed by atoms with van der Waals surface area (Å²) in [7, 11) is 0. The number of imidazole rings is 1. The molecule has 0 atom stereocenters. The van der Waals surface area contributed by atoms with Gasteiger partial charge in [-0.25, -0.2) is 13.8 Å². The number of carbonyl (C=O) groups excluding carboxylic acids is 1. The summed E-state index contributed by atoms with van der Waals surface area (Å²) < 4.78 is 33.5. The zero-order chi connectivity index (χ0) is 21.1. The standard InChI is InChI=1S/C21H19ClF2N4O2/c22-16-3-1-14(2-4-16)19-20(15-5-6-25-17(11-15)21(23)24)28(13-26-19)12-18(29)27-7-9-30-10-8-27/h1-6,11,13,21H,7-10,12H2. The van der Waals surface area contributed by atoms with Crippen molar-refractivity contribution in [1.29, 1.82) is 0 Å². The highest BCUT2D eigenvalue weighted by Gasteiger charge is 2.22. The summed E-state index contributed by atoms with van der Waals surface area (Å²) in [6, 6.07) is 10.0. The minimum absolute atomic E-state index is 0.0439. The fourth-order valence-corrected chi connectivity index (χ4v) is 3.52. The molecule has 1 amide bonds. The number of halogens is 3. The average molecular weight is 433 g/mol. The third-order valence-corrected chi connectivity index (χ3v) is 5.15. The highest BCUT2D eigenvalue weighted by Crippen LogP contribution is 2.33. The molecule has 4 rings (SSSR count). The molecular weight excluding hydrogens is 414 g/mol. The van der Waals surface area contributed by atoms with Crippen LogP contribution >= 0.6 is 11.6 Å². The first-order chi connectivity index (χ1) is 14.5. The molecule has 0 N–H and O–H groups in total. The fourth-order valence-electron chi connectivity index (χ4n) is 3.40. The van der Waals surface area contributed by atoms with Crippen molar-refractivity contribution in [3.8, 4) is 22.5 Å². The fraction of sp³-hybridized carbons (Fsp3) is 0.286. The van der Waals surface area contributed by atoms with Gasteiger partial charge in [-0.05, 0) is 24.3 Å². The van der Waals surface area contributed by atoms with Crippen LogP contribution in [0.1, 0.15) is 12.1 Å². The molecule has 0 unspecified atom stereocenters. The molecule has 0 aliphatic carbocycles. The lowest BCUT2D eigenvalue weighted by molar-refractivity contribution is -0.135. The number of benzene rings is 1. The van der Waals surface area contributed by atoms with Crippen molar-refractivity contribution in [1.82, 2.24) is 19.4 Å². The third kappa shape index (κ3) is 4.34. The van der Waals surface area contributed by atoms with Crippen LogP contribution < -0.4 is 0 Å². The first-order valence-corrected chi connectivity index (χ1v) is 9.82. The number of aromatic nitrogens is 3. The van der Waals surface area contributed by atoms with Crippen LogP contribution in [0.4, 0.5) is 8.78 Å². The number of carbonyl (C=O) groups is 1. The number of hydrogen-bond donors (Lipinski definition) is 0. The van der Waals surface area contributed by atoms with Crippen LogP contribution in [0.15, 0.2) is 48.9 Å². The van der Waals surface area contributed by atoms with Crippen molar-refractivity contribution in [3.63, 3.8) is 0 Å². The zero-order valence-corrected chi connectivity index (χ0v) is 16.7. The molecule has 1 saturated heterocycles. The van der Waals surface area contributed by atoms with Gasteiger partial charge < -0.3 is 14.2 Å². The van der Waals surface area contributed by atoms with E-state index in [9.17, 15) is 13.6 Å². The lowest BCUT2D eigenvalue weighted by Crippen LogP contribution is -2.42. The number of rotatable bonds is 5. The summed E-state index contributed by atoms with van der Waals surface area (Å²) in [4.78, 5) is 22.7. The number of morpholine rings is 1. The maximum atomic E-state index is 13.2. The van der Waals surface area contributed by atoms with Gasteiger partial charge in [0.15, 0.2) is 0 Å². The van der Waals surface area contributed by atoms with Crippen LogP contribution in [-0.4, -0.2) is 51.6 Å². The van der Waals surface area contributed by atoms with Crippen molar-refractivity contribution >= 4 is 17.5 Å². The van der Waals surface area contributed by atoms with Gasteiger partial charge in [0.05, 0.1) is 30.9 Å². The molecule has 3 heterocycles. The van der Waals surface area contributed by atoms with Crippen molar-refractivity contribution < 1.29 is 18.3 Å². The SMILES string of the molecule is O=C(Cn1cnc(-c2ccc(Cl)cc2)c1-c1ccnc(C(F)F)c1)N1CCOCC1. The Morgan fingerprint density at radius 2 is 1.83 bits per heavy atom. The minimum atomic E-state index is -2.70. The van der Waals surface area contributed by atoms with E-state index in [2.05, 4.69) is 9.97 Å². The highest BCUT2D eigenvalue weighted by atomic mass is 35.5. The van der Waals surface area contributed by atoms with Gasteiger partial charge in [-0.15, -0.1) is 0 Å². The Morgan fingerprint density at radius 1 is 1.10 bits per heavy atom. The average Bonchev–Trinajstić information content (AvgIpc) is 3.18. The first-order valence-electron chi connectivity index (χ1n) is 9.44. The Labute approximate surface area is 177 Å². The molecule has 0 bridgehead atoms. The molecule has 3 aromatic rings. The van der Waals surface area contributed by atoms with Crippen LogP contribution in [0.2, 0.25) is 5.02 Å². The van der Waals surface area contributed by atoms with E-state index in [-0.39, 0.29) is 18.1 Å². The van der Waals surface area contributed by atoms with Crippen LogP contribution in [-0.2, 0) is 16.1 Å². The van der Waals surface area contributed by atoms with Crippen molar-refractivity contribution in [2.75, 3.05) is 26.3 Å². The van der Waals surface area contributed by atoms with Gasteiger partial charge in [0.1, 0.15) is 12.2 Å². The molecule has 6 nitrogen and oxygen atoms in total. The number of hydrogen-bond acceptors (Lipinski definition) is 4. The lowest BCUT2D eigenvalue weighted by Gasteiger charge is -2.27. The molecule has 0 radical (unpaired) electrons. The number of nitrogens with zero attached hydrogens (tertiary/aromatic N) is 4. The predicted molar refractivity (Wildman–Crippen MR) is 108 cm³/mol. The van der Waals surface area contributed by atoms with E-state index in [0.29, 0.717) is 48.3 Å². The van der Waals surface area contributed by atoms with E-state index in [1.54, 1.807) is 46.1 Å². The van der Waals surface area contributed by atoms with Crippen molar-refractivity contribution in [2.24, 2.45) is 0 Å². The van der Waals surface area contributed by atoms with E-state index in [1.807, 2.05) is 0 Å². The maximum absolute atomic E-state index is 13.2. The summed E-state index contributed by atoms with van der Waals surface area (Å²) in [5.41, 5.74) is 2.10. The van der Waals surface area contributed by atoms with Gasteiger partial charge in [0, 0.05) is 35.4 Å². The second-order valence-corrected chi connectivity index (χ2v) is 7.28. The largest absolute Gasteiger partial charge is 0.378 e. The Bertz CT molecular complexity index is 1030. The summed E-state index contributed by atoms with van der Waals surface area (Å²) in [5.74, 6) is -0.0808. The van der Waals surface area contributed by atoms with Gasteiger partial charge in [0.25, 0.3) is 6.43 Å². The quantitative estimate of drug-likeness (QED) is 0.610. The topological polar surface area (TPSA) is 60.2 Å². The molecule has 1 fully saturated rings. The van der Waals surface area contributed by atoms with E-state index in [0.717, 1.165) is 5.56 Å². The molecule has 1 aliphatic heterocycles. The van der Waals surface area contributed by atoms with Gasteiger partial charge in [-0.1, -0.05) is 23.7 Å². The highest BCUT2D eigenvalue weighted by molar-refractivity contribution is 6.30. The zero-order valence-electron chi connectivity index (χ0n) is 16.0. The Hall–Kier alpha value is -2.84. The van der Waals surface area contributed by atoms with Gasteiger partial charge >= 0.3 is 0 Å². The number of pyridine rings is 1. The molecule has 2 aromatic heterocycles. The van der Waals surface area contributed by atoms with E-state index >= 15 is 0 Å². The summed E-state index contributed by atoms with van der Waals surface area (Å²) in [6.45, 7) is 2.10. The number of alkyl halides is 2. The van der Waals surface area contributed by atoms with Crippen LogP contribution in [0, 0.1) is 0 Å². The molecule has 1 aliphatic rings. The first kappa shape index (κ1) is 20.4. The van der Waals surface area contributed by atoms with Crippen LogP contribution in [0.5, 0.6) is 0 Å². The molecule has 1 aromatic carbocycles. The van der Waals surface area contributed by atoms with Crippen LogP contribution in [0.25, 0.3) is 22.5 Å². The van der Waals surface area contributed by atoms with Crippen molar-refractivity contribution in [3.05, 3.63) is 59.6 Å². The maximum Gasteiger partial charge on any atom is 0.280 e. The lowest BCUT2D eigenvalue weighted by atomic mass is 10.0. The minimum Gasteiger partial charge on any atom is -0.378 e. The second kappa shape index (κ2) is 8.89. The molecule has 0 saturated carbocycles. The Kier molecular flexibility index (Phi) is 6.06. The monoisotopic (exact) mass is 432 g/mol. The number of amides is 1. The van der Waals surface area contributed by atoms with Gasteiger partial charge in [-0.3, -0.25) is 9.78 Å². The summed E-state index contributed by atoms with van der Waals surface area (Å²) >= 11 is 5.99. The van der Waals surface area contributed by atoms with Crippen LogP contribution in [0.3, 0.4) is 0 Å². The third-order valence-electron chi connectivity index (χ3n) is 4.90. The Balaban J connectivity index is 1.75. The molecule has 0 spiro atoms. The van der Waals surface area contributed by atoms with E-state index < -0.39 is 6.43 Å². The smallest absolute Gasteiger partial charge is 0.280 e. The van der Waals surface area contributed by atoms with E-state index in [1.165, 1.54) is 12.3 Å². The van der Waals surface area contributed by atoms with Gasteiger partial charge in [-0.2, -0.15) is 0 Å². The van der Waals surface area contributed by atoms with Gasteiger partial charge in [0.2, 0.25) is 5.91 Å². The normalized spacial score (nSPS) is 14.3. The number of ether oxygens (including phenoxy) is 1. The van der Waals surface area contributed by atoms with Crippen molar-refractivity contribution in [2.45, 2.75) is 13.0 Å². The Morgan fingerprint density at radius 3 is 2.53 bits per heavy atom. The molecule has 30 heavy (non-hydrogen) atoms. The van der Waals surface area contributed by atoms with E-state index in [4.69, 9.17) is 16.3 Å². The summed E-state index contributed by atoms with van der Waals surface area (Å²) in [5, 5.41) is 0.575. The molecular formula is C21H19ClF2N4O2. The molecule has 156 valence electrons. The summed E-state index contributed by atoms with van der Waals surface area (Å²) in [6.07, 6.45) is 0.194. The second-order valence-electron chi connectivity index (χ2n) is 6.84.